The summed E-state index contributed by atoms with van der Waals surface area (Å²) in [5.74, 6) is 0. The molecule has 0 atom stereocenters. The van der Waals surface area contributed by atoms with Crippen LogP contribution in [0, 0.1) is 13.8 Å². The van der Waals surface area contributed by atoms with Crippen LogP contribution in [0.4, 0.5) is 8.63 Å². The molecule has 2 aromatic carbocycles. The molecule has 5 heteroatoms. The normalized spacial score (nSPS) is 17.2. The number of fused-ring (bicyclic) bond motifs is 2. The van der Waals surface area contributed by atoms with Gasteiger partial charge in [0.15, 0.2) is 5.70 Å². The number of aryl methyl sites for hydroxylation is 2. The lowest BCUT2D eigenvalue weighted by molar-refractivity contribution is -0.363. The van der Waals surface area contributed by atoms with E-state index in [2.05, 4.69) is 24.3 Å². The second kappa shape index (κ2) is 6.40. The fourth-order valence-corrected chi connectivity index (χ4v) is 5.06. The zero-order valence-corrected chi connectivity index (χ0v) is 17.6. The highest BCUT2D eigenvalue weighted by molar-refractivity contribution is 6.58. The fourth-order valence-electron chi connectivity index (χ4n) is 5.06. The first kappa shape index (κ1) is 18.8. The SMILES string of the molecule is CC1=CC(C)=[N+]2C1=C(c1cccc(-c3ccccc3)c1)c1c(C)cc(C)n1[B-]2(F)F. The van der Waals surface area contributed by atoms with Gasteiger partial charge in [-0.2, -0.15) is 0 Å². The Morgan fingerprint density at radius 2 is 1.47 bits per heavy atom. The molecular formula is C25H23BF2N2. The van der Waals surface area contributed by atoms with Crippen molar-refractivity contribution in [1.82, 2.24) is 4.48 Å². The highest BCUT2D eigenvalue weighted by Crippen LogP contribution is 2.44. The van der Waals surface area contributed by atoms with Gasteiger partial charge in [0, 0.05) is 24.3 Å². The van der Waals surface area contributed by atoms with Crippen molar-refractivity contribution in [3.63, 3.8) is 0 Å². The lowest BCUT2D eigenvalue weighted by Crippen LogP contribution is -2.51. The number of benzene rings is 2. The zero-order chi connectivity index (χ0) is 21.2. The molecule has 1 aromatic heterocycles. The molecule has 150 valence electrons. The van der Waals surface area contributed by atoms with Gasteiger partial charge < -0.3 is 17.6 Å². The van der Waals surface area contributed by atoms with E-state index < -0.39 is 6.97 Å². The average Bonchev–Trinajstić information content (AvgIpc) is 3.19. The van der Waals surface area contributed by atoms with Gasteiger partial charge in [-0.05, 0) is 60.9 Å². The Hall–Kier alpha value is -3.21. The Balaban J connectivity index is 1.85. The van der Waals surface area contributed by atoms with Crippen molar-refractivity contribution >= 4 is 18.3 Å². The van der Waals surface area contributed by atoms with E-state index in [1.165, 1.54) is 8.96 Å². The number of aromatic nitrogens is 1. The highest BCUT2D eigenvalue weighted by Gasteiger charge is 2.55. The molecule has 0 fully saturated rings. The van der Waals surface area contributed by atoms with E-state index >= 15 is 8.63 Å². The molecule has 0 spiro atoms. The monoisotopic (exact) mass is 400 g/mol. The molecular weight excluding hydrogens is 377 g/mol. The third-order valence-electron chi connectivity index (χ3n) is 6.19. The summed E-state index contributed by atoms with van der Waals surface area (Å²) in [5, 5.41) is 0. The molecule has 30 heavy (non-hydrogen) atoms. The molecule has 2 nitrogen and oxygen atoms in total. The van der Waals surface area contributed by atoms with Gasteiger partial charge in [-0.3, -0.25) is 0 Å². The van der Waals surface area contributed by atoms with E-state index in [4.69, 9.17) is 0 Å². The summed E-state index contributed by atoms with van der Waals surface area (Å²) in [6.45, 7) is 3.43. The van der Waals surface area contributed by atoms with Crippen LogP contribution in [0.5, 0.6) is 0 Å². The molecule has 3 aromatic rings. The molecule has 5 rings (SSSR count). The molecule has 3 heterocycles. The minimum Gasteiger partial charge on any atom is -0.393 e. The van der Waals surface area contributed by atoms with E-state index in [-0.39, 0.29) is 0 Å². The molecule has 0 N–H and O–H groups in total. The van der Waals surface area contributed by atoms with Crippen LogP contribution in [0.1, 0.15) is 36.4 Å². The van der Waals surface area contributed by atoms with E-state index in [0.29, 0.717) is 22.8 Å². The number of rotatable bonds is 2. The maximum absolute atomic E-state index is 15.7. The largest absolute Gasteiger partial charge is 0.737 e. The smallest absolute Gasteiger partial charge is 0.393 e. The van der Waals surface area contributed by atoms with Crippen molar-refractivity contribution in [3.05, 3.63) is 101 Å². The summed E-state index contributed by atoms with van der Waals surface area (Å²) in [7, 11) is 0. The third kappa shape index (κ3) is 2.51. The first-order chi connectivity index (χ1) is 14.3. The second-order valence-corrected chi connectivity index (χ2v) is 8.28. The number of hydrogen-bond acceptors (Lipinski definition) is 0. The standard InChI is InChI=1S/C25H23BF2N2/c1-16-13-18(3)29-24(16)23(25-17(2)14-19(4)30(25)26(29,27)28)22-12-8-11-21(15-22)20-9-6-5-7-10-20/h5-15H,1-4H3. The number of halogens is 2. The van der Waals surface area contributed by atoms with Gasteiger partial charge in [0.2, 0.25) is 0 Å². The molecule has 2 aliphatic rings. The summed E-state index contributed by atoms with van der Waals surface area (Å²) < 4.78 is 34.0. The summed E-state index contributed by atoms with van der Waals surface area (Å²) in [4.78, 5) is 0. The average molecular weight is 400 g/mol. The van der Waals surface area contributed by atoms with Crippen molar-refractivity contribution in [3.8, 4) is 11.1 Å². The van der Waals surface area contributed by atoms with Crippen molar-refractivity contribution in [2.75, 3.05) is 0 Å². The Morgan fingerprint density at radius 1 is 0.800 bits per heavy atom. The first-order valence-corrected chi connectivity index (χ1v) is 10.2. The zero-order valence-electron chi connectivity index (χ0n) is 17.6. The third-order valence-corrected chi connectivity index (χ3v) is 6.19. The van der Waals surface area contributed by atoms with Crippen LogP contribution in [-0.2, 0) is 0 Å². The molecule has 0 amide bonds. The number of nitrogens with zero attached hydrogens (tertiary/aromatic N) is 2. The lowest BCUT2D eigenvalue weighted by Gasteiger charge is -2.34. The maximum atomic E-state index is 15.7. The van der Waals surface area contributed by atoms with Gasteiger partial charge in [-0.25, -0.2) is 0 Å². The van der Waals surface area contributed by atoms with Crippen LogP contribution >= 0.6 is 0 Å². The summed E-state index contributed by atoms with van der Waals surface area (Å²) in [6, 6.07) is 20.2. The van der Waals surface area contributed by atoms with Crippen molar-refractivity contribution < 1.29 is 13.1 Å². The van der Waals surface area contributed by atoms with Gasteiger partial charge in [-0.1, -0.05) is 48.5 Å². The Labute approximate surface area is 175 Å². The van der Waals surface area contributed by atoms with Gasteiger partial charge in [-0.15, -0.1) is 0 Å². The van der Waals surface area contributed by atoms with E-state index in [0.717, 1.165) is 33.4 Å². The van der Waals surface area contributed by atoms with Crippen molar-refractivity contribution in [1.29, 1.82) is 0 Å². The molecule has 2 aliphatic heterocycles. The predicted molar refractivity (Wildman–Crippen MR) is 120 cm³/mol. The van der Waals surface area contributed by atoms with Gasteiger partial charge in [0.1, 0.15) is 5.71 Å². The summed E-state index contributed by atoms with van der Waals surface area (Å²) >= 11 is 0. The van der Waals surface area contributed by atoms with Crippen molar-refractivity contribution in [2.45, 2.75) is 27.7 Å². The van der Waals surface area contributed by atoms with Crippen LogP contribution in [0.25, 0.3) is 16.7 Å². The van der Waals surface area contributed by atoms with Crippen LogP contribution < -0.4 is 0 Å². The summed E-state index contributed by atoms with van der Waals surface area (Å²) in [5.41, 5.74) is 8.16. The van der Waals surface area contributed by atoms with Gasteiger partial charge >= 0.3 is 6.97 Å². The number of hydrogen-bond donors (Lipinski definition) is 0. The quantitative estimate of drug-likeness (QED) is 0.453. The molecule has 0 saturated heterocycles. The molecule has 0 saturated carbocycles. The minimum absolute atomic E-state index is 0.584. The number of allylic oxidation sites excluding steroid dienone is 2. The van der Waals surface area contributed by atoms with Crippen LogP contribution in [-0.4, -0.2) is 21.6 Å². The van der Waals surface area contributed by atoms with Gasteiger partial charge in [0.05, 0.1) is 5.57 Å². The van der Waals surface area contributed by atoms with E-state index in [9.17, 15) is 0 Å². The van der Waals surface area contributed by atoms with E-state index in [1.54, 1.807) is 13.8 Å². The van der Waals surface area contributed by atoms with Crippen molar-refractivity contribution in [2.24, 2.45) is 0 Å². The summed E-state index contributed by atoms with van der Waals surface area (Å²) in [6.07, 6.45) is 1.86. The van der Waals surface area contributed by atoms with E-state index in [1.807, 2.05) is 56.3 Å². The van der Waals surface area contributed by atoms with Crippen LogP contribution in [0.2, 0.25) is 0 Å². The van der Waals surface area contributed by atoms with Crippen LogP contribution in [0.3, 0.4) is 0 Å². The maximum Gasteiger partial charge on any atom is 0.737 e. The Bertz CT molecular complexity index is 1290. The fraction of sp³-hybridized carbons (Fsp3) is 0.160. The van der Waals surface area contributed by atoms with Crippen LogP contribution in [0.15, 0.2) is 78.0 Å². The minimum atomic E-state index is -3.95. The Kier molecular flexibility index (Phi) is 4.01. The molecule has 0 unspecified atom stereocenters. The topological polar surface area (TPSA) is 7.94 Å². The Morgan fingerprint density at radius 3 is 2.20 bits per heavy atom. The molecule has 0 radical (unpaired) electrons. The van der Waals surface area contributed by atoms with Gasteiger partial charge in [0.25, 0.3) is 0 Å². The second-order valence-electron chi connectivity index (χ2n) is 8.28. The lowest BCUT2D eigenvalue weighted by atomic mass is 9.83. The predicted octanol–water partition coefficient (Wildman–Crippen LogP) is 6.20. The molecule has 0 aliphatic carbocycles. The molecule has 0 bridgehead atoms. The highest BCUT2D eigenvalue weighted by atomic mass is 19.2. The first-order valence-electron chi connectivity index (χ1n) is 10.2.